The molecule has 0 aliphatic heterocycles. The van der Waals surface area contributed by atoms with Crippen LogP contribution in [0.5, 0.6) is 5.75 Å². The molecule has 0 aromatic heterocycles. The third-order valence-electron chi connectivity index (χ3n) is 2.41. The number of hydrogen-bond donors (Lipinski definition) is 0. The first-order valence-electron chi connectivity index (χ1n) is 5.43. The molecule has 0 aliphatic carbocycles. The van der Waals surface area contributed by atoms with Crippen LogP contribution in [0.4, 0.5) is 13.2 Å². The molecule has 2 aromatic carbocycles. The zero-order valence-corrected chi connectivity index (χ0v) is 9.70. The van der Waals surface area contributed by atoms with Crippen molar-refractivity contribution < 1.29 is 22.7 Å². The van der Waals surface area contributed by atoms with Gasteiger partial charge < -0.3 is 4.74 Å². The van der Waals surface area contributed by atoms with Gasteiger partial charge in [0.1, 0.15) is 11.6 Å². The first-order valence-corrected chi connectivity index (χ1v) is 5.43. The Kier molecular flexibility index (Phi) is 3.85. The summed E-state index contributed by atoms with van der Waals surface area (Å²) in [4.78, 5) is 11.7. The van der Waals surface area contributed by atoms with Crippen molar-refractivity contribution in [2.24, 2.45) is 0 Å². The van der Waals surface area contributed by atoms with Crippen LogP contribution in [0, 0.1) is 17.5 Å². The number of halogens is 3. The Morgan fingerprint density at radius 3 is 2.47 bits per heavy atom. The van der Waals surface area contributed by atoms with E-state index in [0.717, 1.165) is 24.3 Å². The highest BCUT2D eigenvalue weighted by molar-refractivity contribution is 5.97. The molecule has 0 saturated heterocycles. The van der Waals surface area contributed by atoms with Crippen molar-refractivity contribution in [1.82, 2.24) is 0 Å². The highest BCUT2D eigenvalue weighted by atomic mass is 19.2. The topological polar surface area (TPSA) is 26.3 Å². The Hall–Kier alpha value is -2.30. The summed E-state index contributed by atoms with van der Waals surface area (Å²) in [6.45, 7) is -0.380. The third-order valence-corrected chi connectivity index (χ3v) is 2.41. The number of carbonyl (C=O) groups excluding carboxylic acids is 1. The molecule has 0 unspecified atom stereocenters. The van der Waals surface area contributed by atoms with E-state index < -0.39 is 23.2 Å². The van der Waals surface area contributed by atoms with E-state index in [1.165, 1.54) is 18.2 Å². The number of benzene rings is 2. The molecule has 19 heavy (non-hydrogen) atoms. The summed E-state index contributed by atoms with van der Waals surface area (Å²) in [5.41, 5.74) is -0.00435. The molecule has 0 N–H and O–H groups in total. The van der Waals surface area contributed by atoms with Gasteiger partial charge in [-0.1, -0.05) is 6.07 Å². The zero-order valence-electron chi connectivity index (χ0n) is 9.70. The minimum absolute atomic E-state index is 0.00435. The van der Waals surface area contributed by atoms with Gasteiger partial charge in [-0.05, 0) is 30.3 Å². The first-order chi connectivity index (χ1) is 9.06. The predicted molar refractivity (Wildman–Crippen MR) is 62.6 cm³/mol. The van der Waals surface area contributed by atoms with E-state index in [2.05, 4.69) is 0 Å². The lowest BCUT2D eigenvalue weighted by atomic mass is 10.1. The molecule has 0 fully saturated rings. The molecule has 2 rings (SSSR count). The minimum Gasteiger partial charge on any atom is -0.485 e. The van der Waals surface area contributed by atoms with Crippen LogP contribution in [-0.4, -0.2) is 12.4 Å². The van der Waals surface area contributed by atoms with Crippen molar-refractivity contribution in [3.63, 3.8) is 0 Å². The van der Waals surface area contributed by atoms with Crippen LogP contribution < -0.4 is 4.74 Å². The van der Waals surface area contributed by atoms with E-state index in [9.17, 15) is 18.0 Å². The van der Waals surface area contributed by atoms with Crippen LogP contribution >= 0.6 is 0 Å². The molecular formula is C14H9F3O2. The van der Waals surface area contributed by atoms with Crippen molar-refractivity contribution in [3.8, 4) is 5.75 Å². The molecule has 0 radical (unpaired) electrons. The lowest BCUT2D eigenvalue weighted by molar-refractivity contribution is 0.0920. The normalized spacial score (nSPS) is 10.3. The molecule has 0 amide bonds. The maximum absolute atomic E-state index is 12.9. The first kappa shape index (κ1) is 13.1. The highest BCUT2D eigenvalue weighted by Gasteiger charge is 2.10. The van der Waals surface area contributed by atoms with Crippen molar-refractivity contribution in [1.29, 1.82) is 0 Å². The Bertz CT molecular complexity index is 611. The van der Waals surface area contributed by atoms with E-state index >= 15 is 0 Å². The maximum atomic E-state index is 12.9. The van der Waals surface area contributed by atoms with Crippen molar-refractivity contribution >= 4 is 5.78 Å². The van der Waals surface area contributed by atoms with E-state index in [1.54, 1.807) is 0 Å². The van der Waals surface area contributed by atoms with Crippen molar-refractivity contribution in [3.05, 3.63) is 65.5 Å². The van der Waals surface area contributed by atoms with Gasteiger partial charge in [0.25, 0.3) is 0 Å². The van der Waals surface area contributed by atoms with Crippen LogP contribution in [0.3, 0.4) is 0 Å². The number of Topliss-reactive ketones (excluding diaryl/α,β-unsaturated/α-hetero) is 1. The largest absolute Gasteiger partial charge is 0.485 e. The van der Waals surface area contributed by atoms with Crippen molar-refractivity contribution in [2.75, 3.05) is 6.61 Å². The SMILES string of the molecule is O=C(COc1cccc(F)c1)c1ccc(F)c(F)c1. The van der Waals surface area contributed by atoms with Gasteiger partial charge in [0, 0.05) is 11.6 Å². The molecular weight excluding hydrogens is 257 g/mol. The van der Waals surface area contributed by atoms with Crippen LogP contribution in [0.2, 0.25) is 0 Å². The smallest absolute Gasteiger partial charge is 0.200 e. The molecule has 0 saturated carbocycles. The highest BCUT2D eigenvalue weighted by Crippen LogP contribution is 2.13. The summed E-state index contributed by atoms with van der Waals surface area (Å²) >= 11 is 0. The van der Waals surface area contributed by atoms with Gasteiger partial charge >= 0.3 is 0 Å². The van der Waals surface area contributed by atoms with Gasteiger partial charge in [-0.3, -0.25) is 4.79 Å². The van der Waals surface area contributed by atoms with E-state index in [-0.39, 0.29) is 17.9 Å². The quantitative estimate of drug-likeness (QED) is 0.793. The molecule has 0 spiro atoms. The lowest BCUT2D eigenvalue weighted by Crippen LogP contribution is -2.12. The minimum atomic E-state index is -1.10. The van der Waals surface area contributed by atoms with E-state index in [4.69, 9.17) is 4.74 Å². The van der Waals surface area contributed by atoms with Gasteiger partial charge in [0.05, 0.1) is 0 Å². The molecule has 0 atom stereocenters. The average Bonchev–Trinajstić information content (AvgIpc) is 2.39. The molecule has 0 bridgehead atoms. The summed E-state index contributed by atoms with van der Waals surface area (Å²) < 4.78 is 43.6. The van der Waals surface area contributed by atoms with Crippen LogP contribution in [-0.2, 0) is 0 Å². The molecule has 2 aromatic rings. The van der Waals surface area contributed by atoms with Crippen molar-refractivity contribution in [2.45, 2.75) is 0 Å². The summed E-state index contributed by atoms with van der Waals surface area (Å²) in [7, 11) is 0. The Morgan fingerprint density at radius 1 is 1.00 bits per heavy atom. The Labute approximate surface area is 107 Å². The number of rotatable bonds is 4. The van der Waals surface area contributed by atoms with Gasteiger partial charge in [-0.2, -0.15) is 0 Å². The molecule has 98 valence electrons. The van der Waals surface area contributed by atoms with Gasteiger partial charge in [-0.15, -0.1) is 0 Å². The number of carbonyl (C=O) groups is 1. The van der Waals surface area contributed by atoms with E-state index in [1.807, 2.05) is 0 Å². The summed E-state index contributed by atoms with van der Waals surface area (Å²) in [5.74, 6) is -2.95. The summed E-state index contributed by atoms with van der Waals surface area (Å²) in [5, 5.41) is 0. The van der Waals surface area contributed by atoms with Gasteiger partial charge in [0.2, 0.25) is 0 Å². The monoisotopic (exact) mass is 266 g/mol. The molecule has 5 heteroatoms. The fourth-order valence-corrected chi connectivity index (χ4v) is 1.46. The van der Waals surface area contributed by atoms with Gasteiger partial charge in [-0.25, -0.2) is 13.2 Å². The second kappa shape index (κ2) is 5.56. The third kappa shape index (κ3) is 3.34. The predicted octanol–water partition coefficient (Wildman–Crippen LogP) is 3.37. The number of ether oxygens (including phenoxy) is 1. The van der Waals surface area contributed by atoms with Crippen LogP contribution in [0.25, 0.3) is 0 Å². The Balaban J connectivity index is 2.03. The summed E-state index contributed by atoms with van der Waals surface area (Å²) in [6, 6.07) is 8.11. The van der Waals surface area contributed by atoms with Crippen LogP contribution in [0.15, 0.2) is 42.5 Å². The average molecular weight is 266 g/mol. The fourth-order valence-electron chi connectivity index (χ4n) is 1.46. The second-order valence-electron chi connectivity index (χ2n) is 3.80. The summed E-state index contributed by atoms with van der Waals surface area (Å²) in [6.07, 6.45) is 0. The molecule has 0 aliphatic rings. The molecule has 0 heterocycles. The maximum Gasteiger partial charge on any atom is 0.200 e. The lowest BCUT2D eigenvalue weighted by Gasteiger charge is -2.05. The van der Waals surface area contributed by atoms with Gasteiger partial charge in [0.15, 0.2) is 24.0 Å². The second-order valence-corrected chi connectivity index (χ2v) is 3.80. The zero-order chi connectivity index (χ0) is 13.8. The molecule has 2 nitrogen and oxygen atoms in total. The number of hydrogen-bond acceptors (Lipinski definition) is 2. The fraction of sp³-hybridized carbons (Fsp3) is 0.0714. The van der Waals surface area contributed by atoms with E-state index in [0.29, 0.717) is 0 Å². The van der Waals surface area contributed by atoms with Crippen LogP contribution in [0.1, 0.15) is 10.4 Å². The standard InChI is InChI=1S/C14H9F3O2/c15-10-2-1-3-11(7-10)19-8-14(18)9-4-5-12(16)13(17)6-9/h1-7H,8H2. The Morgan fingerprint density at radius 2 is 1.79 bits per heavy atom. The number of ketones is 1.